The number of hydrogen-bond acceptors (Lipinski definition) is 6. The van der Waals surface area contributed by atoms with Crippen LogP contribution in [0.3, 0.4) is 0 Å². The van der Waals surface area contributed by atoms with Gasteiger partial charge in [0.2, 0.25) is 0 Å². The Bertz CT molecular complexity index is 1130. The summed E-state index contributed by atoms with van der Waals surface area (Å²) >= 11 is 1.58. The minimum Gasteiger partial charge on any atom is -0.486 e. The van der Waals surface area contributed by atoms with Crippen LogP contribution in [0, 0.1) is 0 Å². The third kappa shape index (κ3) is 3.20. The van der Waals surface area contributed by atoms with E-state index in [1.165, 1.54) is 0 Å². The van der Waals surface area contributed by atoms with Crippen molar-refractivity contribution in [1.82, 2.24) is 10.3 Å². The molecule has 4 aromatic rings. The highest BCUT2D eigenvalue weighted by Gasteiger charge is 2.16. The molecule has 0 saturated heterocycles. The Hall–Kier alpha value is -3.32. The van der Waals surface area contributed by atoms with Crippen molar-refractivity contribution in [3.63, 3.8) is 0 Å². The molecule has 5 rings (SSSR count). The fourth-order valence-electron chi connectivity index (χ4n) is 3.02. The van der Waals surface area contributed by atoms with Crippen LogP contribution in [0.1, 0.15) is 16.1 Å². The van der Waals surface area contributed by atoms with Gasteiger partial charge < -0.3 is 19.2 Å². The number of nitrogens with zero attached hydrogens (tertiary/aromatic N) is 1. The van der Waals surface area contributed by atoms with Crippen molar-refractivity contribution < 1.29 is 18.7 Å². The van der Waals surface area contributed by atoms with Gasteiger partial charge in [0.15, 0.2) is 22.3 Å². The summed E-state index contributed by atoms with van der Waals surface area (Å²) in [4.78, 5) is 17.0. The SMILES string of the molecule is O=C(NCc1ccc(-c2nc3ccccc3s2)o1)c1ccc2c(c1)OCCO2. The highest BCUT2D eigenvalue weighted by Crippen LogP contribution is 2.32. The first-order valence-electron chi connectivity index (χ1n) is 8.89. The molecule has 28 heavy (non-hydrogen) atoms. The monoisotopic (exact) mass is 392 g/mol. The number of carbonyl (C=O) groups excluding carboxylic acids is 1. The number of aromatic nitrogens is 1. The summed E-state index contributed by atoms with van der Waals surface area (Å²) in [6, 6.07) is 16.9. The van der Waals surface area contributed by atoms with Crippen LogP contribution in [-0.2, 0) is 6.54 Å². The lowest BCUT2D eigenvalue weighted by Gasteiger charge is -2.18. The second-order valence-electron chi connectivity index (χ2n) is 6.29. The number of hydrogen-bond donors (Lipinski definition) is 1. The summed E-state index contributed by atoms with van der Waals surface area (Å²) in [6.07, 6.45) is 0. The van der Waals surface area contributed by atoms with Gasteiger partial charge >= 0.3 is 0 Å². The lowest BCUT2D eigenvalue weighted by atomic mass is 10.2. The summed E-state index contributed by atoms with van der Waals surface area (Å²) in [5, 5.41) is 3.69. The van der Waals surface area contributed by atoms with Crippen LogP contribution in [0.2, 0.25) is 0 Å². The molecular weight excluding hydrogens is 376 g/mol. The van der Waals surface area contributed by atoms with Crippen LogP contribution >= 0.6 is 11.3 Å². The van der Waals surface area contributed by atoms with Crippen LogP contribution < -0.4 is 14.8 Å². The van der Waals surface area contributed by atoms with Crippen LogP contribution in [0.5, 0.6) is 11.5 Å². The standard InChI is InChI=1S/C21H16N2O4S/c24-20(13-5-7-16-18(11-13)26-10-9-25-16)22-12-14-6-8-17(27-14)21-23-15-3-1-2-4-19(15)28-21/h1-8,11H,9-10,12H2,(H,22,24). The third-order valence-corrected chi connectivity index (χ3v) is 5.44. The molecule has 1 amide bonds. The zero-order valence-corrected chi connectivity index (χ0v) is 15.6. The second kappa shape index (κ2) is 7.01. The minimum atomic E-state index is -0.199. The Morgan fingerprint density at radius 2 is 1.89 bits per heavy atom. The molecule has 0 fully saturated rings. The van der Waals surface area contributed by atoms with Crippen molar-refractivity contribution in [2.45, 2.75) is 6.54 Å². The molecule has 0 aliphatic carbocycles. The normalized spacial score (nSPS) is 12.9. The molecule has 1 aliphatic rings. The highest BCUT2D eigenvalue weighted by molar-refractivity contribution is 7.21. The van der Waals surface area contributed by atoms with E-state index in [4.69, 9.17) is 13.9 Å². The van der Waals surface area contributed by atoms with Crippen molar-refractivity contribution in [2.75, 3.05) is 13.2 Å². The molecule has 3 heterocycles. The molecule has 1 aliphatic heterocycles. The fraction of sp³-hybridized carbons (Fsp3) is 0.143. The Kier molecular flexibility index (Phi) is 4.21. The van der Waals surface area contributed by atoms with E-state index in [2.05, 4.69) is 10.3 Å². The third-order valence-electron chi connectivity index (χ3n) is 4.39. The number of furan rings is 1. The summed E-state index contributed by atoms with van der Waals surface area (Å²) in [7, 11) is 0. The van der Waals surface area contributed by atoms with Crippen molar-refractivity contribution in [2.24, 2.45) is 0 Å². The number of ether oxygens (including phenoxy) is 2. The predicted octanol–water partition coefficient (Wildman–Crippen LogP) is 4.26. The molecule has 140 valence electrons. The van der Waals surface area contributed by atoms with Crippen molar-refractivity contribution >= 4 is 27.5 Å². The molecule has 0 radical (unpaired) electrons. The number of fused-ring (bicyclic) bond motifs is 2. The lowest BCUT2D eigenvalue weighted by molar-refractivity contribution is 0.0947. The van der Waals surface area contributed by atoms with E-state index in [1.807, 2.05) is 36.4 Å². The van der Waals surface area contributed by atoms with Crippen molar-refractivity contribution in [1.29, 1.82) is 0 Å². The topological polar surface area (TPSA) is 73.6 Å². The molecular formula is C21H16N2O4S. The molecule has 2 aromatic carbocycles. The van der Waals surface area contributed by atoms with Crippen LogP contribution in [-0.4, -0.2) is 24.1 Å². The quantitative estimate of drug-likeness (QED) is 0.562. The van der Waals surface area contributed by atoms with Crippen molar-refractivity contribution in [3.05, 3.63) is 65.9 Å². The van der Waals surface area contributed by atoms with Gasteiger partial charge in [-0.25, -0.2) is 4.98 Å². The Balaban J connectivity index is 1.27. The van der Waals surface area contributed by atoms with Gasteiger partial charge in [0.05, 0.1) is 16.8 Å². The zero-order valence-electron chi connectivity index (χ0n) is 14.8. The van der Waals surface area contributed by atoms with Gasteiger partial charge in [0.25, 0.3) is 5.91 Å². The largest absolute Gasteiger partial charge is 0.486 e. The van der Waals surface area contributed by atoms with Gasteiger partial charge in [-0.05, 0) is 42.5 Å². The van der Waals surface area contributed by atoms with E-state index >= 15 is 0 Å². The maximum absolute atomic E-state index is 12.4. The van der Waals surface area contributed by atoms with Crippen LogP contribution in [0.4, 0.5) is 0 Å². The van der Waals surface area contributed by atoms with Gasteiger partial charge in [-0.2, -0.15) is 0 Å². The average Bonchev–Trinajstić information content (AvgIpc) is 3.38. The van der Waals surface area contributed by atoms with E-state index in [0.29, 0.717) is 41.8 Å². The first-order chi connectivity index (χ1) is 13.8. The molecule has 1 N–H and O–H groups in total. The van der Waals surface area contributed by atoms with Gasteiger partial charge in [-0.15, -0.1) is 11.3 Å². The second-order valence-corrected chi connectivity index (χ2v) is 7.32. The Morgan fingerprint density at radius 1 is 1.04 bits per heavy atom. The predicted molar refractivity (Wildman–Crippen MR) is 106 cm³/mol. The smallest absolute Gasteiger partial charge is 0.251 e. The number of thiazole rings is 1. The number of nitrogens with one attached hydrogen (secondary N) is 1. The molecule has 7 heteroatoms. The molecule has 0 bridgehead atoms. The number of carbonyl (C=O) groups is 1. The van der Waals surface area contributed by atoms with E-state index in [-0.39, 0.29) is 12.5 Å². The Labute approximate surface area is 164 Å². The number of benzene rings is 2. The fourth-order valence-corrected chi connectivity index (χ4v) is 3.95. The molecule has 0 atom stereocenters. The van der Waals surface area contributed by atoms with Crippen LogP contribution in [0.25, 0.3) is 21.0 Å². The number of amides is 1. The first kappa shape index (κ1) is 16.8. The van der Waals surface area contributed by atoms with Crippen LogP contribution in [0.15, 0.2) is 59.0 Å². The van der Waals surface area contributed by atoms with E-state index in [0.717, 1.165) is 15.2 Å². The number of rotatable bonds is 4. The Morgan fingerprint density at radius 3 is 2.79 bits per heavy atom. The highest BCUT2D eigenvalue weighted by atomic mass is 32.1. The summed E-state index contributed by atoms with van der Waals surface area (Å²) in [5.41, 5.74) is 1.47. The lowest BCUT2D eigenvalue weighted by Crippen LogP contribution is -2.23. The first-order valence-corrected chi connectivity index (χ1v) is 9.70. The van der Waals surface area contributed by atoms with Gasteiger partial charge in [0, 0.05) is 5.56 Å². The number of para-hydroxylation sites is 1. The maximum Gasteiger partial charge on any atom is 0.251 e. The van der Waals surface area contributed by atoms with E-state index in [9.17, 15) is 4.79 Å². The van der Waals surface area contributed by atoms with Crippen molar-refractivity contribution in [3.8, 4) is 22.3 Å². The maximum atomic E-state index is 12.4. The molecule has 0 unspecified atom stereocenters. The molecule has 0 saturated carbocycles. The van der Waals surface area contributed by atoms with E-state index in [1.54, 1.807) is 29.5 Å². The molecule has 2 aromatic heterocycles. The summed E-state index contributed by atoms with van der Waals surface area (Å²) < 4.78 is 18.0. The minimum absolute atomic E-state index is 0.199. The molecule has 0 spiro atoms. The summed E-state index contributed by atoms with van der Waals surface area (Å²) in [5.74, 6) is 2.42. The van der Waals surface area contributed by atoms with E-state index < -0.39 is 0 Å². The van der Waals surface area contributed by atoms with Gasteiger partial charge in [-0.1, -0.05) is 12.1 Å². The summed E-state index contributed by atoms with van der Waals surface area (Å²) in [6.45, 7) is 1.30. The van der Waals surface area contributed by atoms with Gasteiger partial charge in [-0.3, -0.25) is 4.79 Å². The molecule has 6 nitrogen and oxygen atoms in total. The van der Waals surface area contributed by atoms with Gasteiger partial charge in [0.1, 0.15) is 19.0 Å². The zero-order chi connectivity index (χ0) is 18.9. The average molecular weight is 392 g/mol.